The summed E-state index contributed by atoms with van der Waals surface area (Å²) in [6.07, 6.45) is 1.09. The molecule has 0 amide bonds. The Balaban J connectivity index is 1.85. The van der Waals surface area contributed by atoms with Gasteiger partial charge in [-0.2, -0.15) is 0 Å². The van der Waals surface area contributed by atoms with E-state index in [1.165, 1.54) is 12.1 Å². The SMILES string of the molecule is Cc1cc2oc(=O)c(N=CC(C(=O)c3ccccc3)=C(O)c3ccccc3)cc2c(=O)o1. The van der Waals surface area contributed by atoms with E-state index in [-0.39, 0.29) is 28.0 Å². The second-order valence-corrected chi connectivity index (χ2v) is 6.92. The van der Waals surface area contributed by atoms with Crippen LogP contribution < -0.4 is 11.3 Å². The van der Waals surface area contributed by atoms with Gasteiger partial charge >= 0.3 is 11.3 Å². The summed E-state index contributed by atoms with van der Waals surface area (Å²) in [5, 5.41) is 10.8. The molecule has 0 aliphatic rings. The molecule has 1 N–H and O–H groups in total. The number of carbonyl (C=O) groups excluding carboxylic acids is 1. The largest absolute Gasteiger partial charge is 0.506 e. The van der Waals surface area contributed by atoms with Crippen LogP contribution in [-0.2, 0) is 0 Å². The molecule has 0 saturated carbocycles. The average Bonchev–Trinajstić information content (AvgIpc) is 2.80. The molecule has 158 valence electrons. The van der Waals surface area contributed by atoms with Crippen LogP contribution >= 0.6 is 0 Å². The summed E-state index contributed by atoms with van der Waals surface area (Å²) >= 11 is 0. The Labute approximate surface area is 181 Å². The summed E-state index contributed by atoms with van der Waals surface area (Å²) in [5.41, 5.74) is -1.01. The predicted molar refractivity (Wildman–Crippen MR) is 121 cm³/mol. The summed E-state index contributed by atoms with van der Waals surface area (Å²) in [6.45, 7) is 1.56. The third-order valence-corrected chi connectivity index (χ3v) is 4.68. The molecular weight excluding hydrogens is 410 g/mol. The molecule has 2 aromatic carbocycles. The number of aryl methyl sites for hydroxylation is 1. The minimum atomic E-state index is -0.801. The Hall–Kier alpha value is -4.52. The second-order valence-electron chi connectivity index (χ2n) is 6.92. The van der Waals surface area contributed by atoms with Gasteiger partial charge in [0.2, 0.25) is 0 Å². The van der Waals surface area contributed by atoms with E-state index in [2.05, 4.69) is 4.99 Å². The van der Waals surface area contributed by atoms with E-state index in [9.17, 15) is 19.5 Å². The lowest BCUT2D eigenvalue weighted by Crippen LogP contribution is -2.09. The number of aliphatic hydroxyl groups is 1. The predicted octanol–water partition coefficient (Wildman–Crippen LogP) is 4.61. The Kier molecular flexibility index (Phi) is 5.63. The lowest BCUT2D eigenvalue weighted by Gasteiger charge is -2.07. The molecule has 2 heterocycles. The lowest BCUT2D eigenvalue weighted by molar-refractivity contribution is 0.104. The van der Waals surface area contributed by atoms with Gasteiger partial charge in [-0.15, -0.1) is 0 Å². The van der Waals surface area contributed by atoms with Crippen molar-refractivity contribution in [2.45, 2.75) is 6.92 Å². The first kappa shape index (κ1) is 20.7. The quantitative estimate of drug-likeness (QED) is 0.216. The zero-order chi connectivity index (χ0) is 22.7. The van der Waals surface area contributed by atoms with E-state index in [1.54, 1.807) is 67.6 Å². The van der Waals surface area contributed by atoms with Gasteiger partial charge < -0.3 is 13.9 Å². The fourth-order valence-electron chi connectivity index (χ4n) is 3.10. The van der Waals surface area contributed by atoms with Crippen molar-refractivity contribution in [1.82, 2.24) is 0 Å². The first-order valence-corrected chi connectivity index (χ1v) is 9.65. The monoisotopic (exact) mass is 427 g/mol. The van der Waals surface area contributed by atoms with Crippen LogP contribution in [0.15, 0.2) is 102 Å². The Bertz CT molecular complexity index is 1480. The number of hydrogen-bond donors (Lipinski definition) is 1. The first-order chi connectivity index (χ1) is 15.4. The fourth-order valence-corrected chi connectivity index (χ4v) is 3.10. The van der Waals surface area contributed by atoms with Gasteiger partial charge in [0.1, 0.15) is 28.2 Å². The molecule has 0 aliphatic heterocycles. The Morgan fingerprint density at radius 1 is 0.875 bits per heavy atom. The molecule has 7 heteroatoms. The van der Waals surface area contributed by atoms with Gasteiger partial charge in [-0.25, -0.2) is 14.6 Å². The third-order valence-electron chi connectivity index (χ3n) is 4.68. The smallest absolute Gasteiger partial charge is 0.362 e. The van der Waals surface area contributed by atoms with Crippen LogP contribution in [0.2, 0.25) is 0 Å². The average molecular weight is 427 g/mol. The van der Waals surface area contributed by atoms with Crippen molar-refractivity contribution < 1.29 is 18.7 Å². The van der Waals surface area contributed by atoms with E-state index in [4.69, 9.17) is 8.83 Å². The summed E-state index contributed by atoms with van der Waals surface area (Å²) in [6, 6.07) is 19.5. The summed E-state index contributed by atoms with van der Waals surface area (Å²) in [5.74, 6) is -0.493. The maximum absolute atomic E-state index is 13.1. The number of carbonyl (C=O) groups is 1. The lowest BCUT2D eigenvalue weighted by atomic mass is 10.00. The van der Waals surface area contributed by atoms with Gasteiger partial charge in [0, 0.05) is 23.4 Å². The number of allylic oxidation sites excluding steroid dienone is 1. The van der Waals surface area contributed by atoms with Crippen molar-refractivity contribution in [1.29, 1.82) is 0 Å². The molecule has 0 fully saturated rings. The molecule has 0 aliphatic carbocycles. The topological polar surface area (TPSA) is 110 Å². The number of Topliss-reactive ketones (excluding diaryl/α,β-unsaturated/α-hetero) is 1. The zero-order valence-electron chi connectivity index (χ0n) is 16.9. The van der Waals surface area contributed by atoms with Crippen LogP contribution in [0.4, 0.5) is 5.69 Å². The molecule has 7 nitrogen and oxygen atoms in total. The number of aliphatic hydroxyl groups excluding tert-OH is 1. The summed E-state index contributed by atoms with van der Waals surface area (Å²) < 4.78 is 10.2. The molecule has 0 bridgehead atoms. The highest BCUT2D eigenvalue weighted by atomic mass is 16.4. The van der Waals surface area contributed by atoms with Crippen LogP contribution in [0.3, 0.4) is 0 Å². The summed E-state index contributed by atoms with van der Waals surface area (Å²) in [4.78, 5) is 41.6. The van der Waals surface area contributed by atoms with Crippen molar-refractivity contribution in [2.24, 2.45) is 4.99 Å². The van der Waals surface area contributed by atoms with Gasteiger partial charge in [-0.1, -0.05) is 60.7 Å². The minimum Gasteiger partial charge on any atom is -0.506 e. The third kappa shape index (κ3) is 4.17. The van der Waals surface area contributed by atoms with E-state index in [0.29, 0.717) is 16.9 Å². The number of fused-ring (bicyclic) bond motifs is 1. The molecule has 4 rings (SSSR count). The Morgan fingerprint density at radius 2 is 1.50 bits per heavy atom. The van der Waals surface area contributed by atoms with Gasteiger partial charge in [0.25, 0.3) is 0 Å². The minimum absolute atomic E-state index is 0.0366. The normalized spacial score (nSPS) is 12.2. The van der Waals surface area contributed by atoms with Gasteiger partial charge in [-0.05, 0) is 13.0 Å². The highest BCUT2D eigenvalue weighted by Crippen LogP contribution is 2.20. The van der Waals surface area contributed by atoms with Crippen LogP contribution in [-0.4, -0.2) is 17.1 Å². The highest BCUT2D eigenvalue weighted by molar-refractivity contribution is 6.25. The van der Waals surface area contributed by atoms with E-state index >= 15 is 0 Å². The molecule has 0 saturated heterocycles. The van der Waals surface area contributed by atoms with Crippen molar-refractivity contribution in [3.05, 3.63) is 116 Å². The standard InChI is InChI=1S/C25H17NO6/c1-15-12-21-18(24(29)31-15)13-20(25(30)32-21)26-14-19(22(27)16-8-4-2-5-9-16)23(28)17-10-6-3-7-11-17/h2-14,27H,1H3. The zero-order valence-corrected chi connectivity index (χ0v) is 16.9. The fraction of sp³-hybridized carbons (Fsp3) is 0.0400. The van der Waals surface area contributed by atoms with Gasteiger partial charge in [0.15, 0.2) is 5.78 Å². The number of hydrogen-bond acceptors (Lipinski definition) is 7. The van der Waals surface area contributed by atoms with Crippen LogP contribution in [0.1, 0.15) is 21.7 Å². The van der Waals surface area contributed by atoms with Crippen molar-refractivity contribution in [3.8, 4) is 0 Å². The molecule has 0 unspecified atom stereocenters. The van der Waals surface area contributed by atoms with E-state index in [1.807, 2.05) is 0 Å². The maximum Gasteiger partial charge on any atom is 0.362 e. The molecular formula is C25H17NO6. The number of aliphatic imine (C=N–C) groups is 1. The van der Waals surface area contributed by atoms with Gasteiger partial charge in [0.05, 0.1) is 5.57 Å². The highest BCUT2D eigenvalue weighted by Gasteiger charge is 2.17. The molecule has 0 atom stereocenters. The maximum atomic E-state index is 13.1. The van der Waals surface area contributed by atoms with Crippen LogP contribution in [0.25, 0.3) is 16.7 Å². The Morgan fingerprint density at radius 3 is 2.16 bits per heavy atom. The molecule has 32 heavy (non-hydrogen) atoms. The van der Waals surface area contributed by atoms with Crippen molar-refractivity contribution >= 4 is 34.4 Å². The molecule has 0 radical (unpaired) electrons. The van der Waals surface area contributed by atoms with Crippen molar-refractivity contribution in [2.75, 3.05) is 0 Å². The number of ketones is 1. The van der Waals surface area contributed by atoms with E-state index < -0.39 is 17.0 Å². The van der Waals surface area contributed by atoms with Crippen LogP contribution in [0, 0.1) is 6.92 Å². The summed E-state index contributed by atoms with van der Waals surface area (Å²) in [7, 11) is 0. The molecule has 2 aromatic heterocycles. The number of rotatable bonds is 5. The number of benzene rings is 2. The van der Waals surface area contributed by atoms with Crippen molar-refractivity contribution in [3.63, 3.8) is 0 Å². The first-order valence-electron chi connectivity index (χ1n) is 9.65. The van der Waals surface area contributed by atoms with Gasteiger partial charge in [-0.3, -0.25) is 4.79 Å². The van der Waals surface area contributed by atoms with Crippen LogP contribution in [0.5, 0.6) is 0 Å². The molecule has 0 spiro atoms. The number of nitrogens with zero attached hydrogens (tertiary/aromatic N) is 1. The molecule has 4 aromatic rings. The van der Waals surface area contributed by atoms with E-state index in [0.717, 1.165) is 6.21 Å². The second kappa shape index (κ2) is 8.69.